The third-order valence-electron chi connectivity index (χ3n) is 3.57. The van der Waals surface area contributed by atoms with E-state index in [1.165, 1.54) is 5.56 Å². The Bertz CT molecular complexity index is 645. The largest absolute Gasteiger partial charge is 0.362 e. The van der Waals surface area contributed by atoms with Crippen molar-refractivity contribution in [2.24, 2.45) is 0 Å². The van der Waals surface area contributed by atoms with Gasteiger partial charge < -0.3 is 10.2 Å². The first-order valence-electron chi connectivity index (χ1n) is 6.92. The van der Waals surface area contributed by atoms with Gasteiger partial charge in [0.15, 0.2) is 0 Å². The first-order chi connectivity index (χ1) is 10.2. The number of halogens is 1. The topological polar surface area (TPSA) is 45.2 Å². The van der Waals surface area contributed by atoms with Crippen LogP contribution in [-0.4, -0.2) is 24.0 Å². The molecule has 1 aliphatic rings. The number of aromatic nitrogens is 1. The molecule has 1 aromatic carbocycles. The van der Waals surface area contributed by atoms with E-state index in [9.17, 15) is 4.79 Å². The lowest BCUT2D eigenvalue weighted by Gasteiger charge is -2.19. The molecule has 0 radical (unpaired) electrons. The number of carbonyl (C=O) groups excluding carboxylic acids is 1. The second kappa shape index (κ2) is 6.26. The second-order valence-corrected chi connectivity index (χ2v) is 5.96. The van der Waals surface area contributed by atoms with Gasteiger partial charge in [0.2, 0.25) is 5.91 Å². The summed E-state index contributed by atoms with van der Waals surface area (Å²) < 4.78 is 1.04. The molecule has 108 valence electrons. The van der Waals surface area contributed by atoms with Crippen LogP contribution in [0.1, 0.15) is 11.3 Å². The van der Waals surface area contributed by atoms with Gasteiger partial charge in [-0.15, -0.1) is 0 Å². The van der Waals surface area contributed by atoms with E-state index in [0.29, 0.717) is 13.1 Å². The lowest BCUT2D eigenvalue weighted by atomic mass is 10.2. The van der Waals surface area contributed by atoms with Crippen molar-refractivity contribution in [1.29, 1.82) is 0 Å². The molecule has 2 heterocycles. The van der Waals surface area contributed by atoms with Crippen molar-refractivity contribution in [3.63, 3.8) is 0 Å². The summed E-state index contributed by atoms with van der Waals surface area (Å²) in [5.74, 6) is 0.0217. The zero-order valence-corrected chi connectivity index (χ0v) is 13.1. The Hall–Kier alpha value is -1.88. The van der Waals surface area contributed by atoms with E-state index in [2.05, 4.69) is 43.3 Å². The van der Waals surface area contributed by atoms with E-state index in [1.54, 1.807) is 6.20 Å². The molecule has 3 rings (SSSR count). The van der Waals surface area contributed by atoms with Gasteiger partial charge >= 0.3 is 0 Å². The Kier molecular flexibility index (Phi) is 4.20. The van der Waals surface area contributed by atoms with Crippen molar-refractivity contribution in [2.75, 3.05) is 18.0 Å². The molecule has 0 atom stereocenters. The van der Waals surface area contributed by atoms with Crippen LogP contribution in [0.15, 0.2) is 47.1 Å². The summed E-state index contributed by atoms with van der Waals surface area (Å²) in [5, 5.41) is 2.92. The Morgan fingerprint density at radius 2 is 2.24 bits per heavy atom. The zero-order chi connectivity index (χ0) is 14.7. The number of amides is 1. The summed E-state index contributed by atoms with van der Waals surface area (Å²) in [5.41, 5.74) is 3.32. The Balaban J connectivity index is 1.58. The van der Waals surface area contributed by atoms with Crippen molar-refractivity contribution in [1.82, 2.24) is 10.3 Å². The predicted octanol–water partition coefficient (Wildman–Crippen LogP) is 2.52. The third kappa shape index (κ3) is 3.42. The SMILES string of the molecule is O=C(CN1CCc2ccc(Br)cc21)NCc1ccccn1. The fourth-order valence-corrected chi connectivity index (χ4v) is 2.85. The van der Waals surface area contributed by atoms with E-state index >= 15 is 0 Å². The van der Waals surface area contributed by atoms with Gasteiger partial charge in [-0.1, -0.05) is 28.1 Å². The van der Waals surface area contributed by atoms with Gasteiger partial charge in [-0.05, 0) is 36.2 Å². The number of hydrogen-bond donors (Lipinski definition) is 1. The molecular weight excluding hydrogens is 330 g/mol. The molecule has 0 aliphatic carbocycles. The van der Waals surface area contributed by atoms with Crippen LogP contribution in [0.2, 0.25) is 0 Å². The average Bonchev–Trinajstić information content (AvgIpc) is 2.88. The van der Waals surface area contributed by atoms with Crippen molar-refractivity contribution in [2.45, 2.75) is 13.0 Å². The molecule has 0 fully saturated rings. The summed E-state index contributed by atoms with van der Waals surface area (Å²) in [7, 11) is 0. The van der Waals surface area contributed by atoms with Gasteiger partial charge in [-0.25, -0.2) is 0 Å². The van der Waals surface area contributed by atoms with Crippen LogP contribution in [0.25, 0.3) is 0 Å². The van der Waals surface area contributed by atoms with Gasteiger partial charge in [-0.3, -0.25) is 9.78 Å². The van der Waals surface area contributed by atoms with Crippen LogP contribution < -0.4 is 10.2 Å². The highest BCUT2D eigenvalue weighted by Gasteiger charge is 2.21. The van der Waals surface area contributed by atoms with E-state index in [-0.39, 0.29) is 5.91 Å². The smallest absolute Gasteiger partial charge is 0.239 e. The Morgan fingerprint density at radius 3 is 3.05 bits per heavy atom. The third-order valence-corrected chi connectivity index (χ3v) is 4.06. The molecule has 1 N–H and O–H groups in total. The van der Waals surface area contributed by atoms with Crippen LogP contribution >= 0.6 is 15.9 Å². The Morgan fingerprint density at radius 1 is 1.33 bits per heavy atom. The number of nitrogens with zero attached hydrogens (tertiary/aromatic N) is 2. The van der Waals surface area contributed by atoms with Crippen molar-refractivity contribution in [3.05, 3.63) is 58.3 Å². The number of hydrogen-bond acceptors (Lipinski definition) is 3. The maximum Gasteiger partial charge on any atom is 0.239 e. The highest BCUT2D eigenvalue weighted by molar-refractivity contribution is 9.10. The van der Waals surface area contributed by atoms with Gasteiger partial charge in [0.25, 0.3) is 0 Å². The highest BCUT2D eigenvalue weighted by atomic mass is 79.9. The standard InChI is InChI=1S/C16H16BrN3O/c17-13-5-4-12-6-8-20(15(12)9-13)11-16(21)19-10-14-3-1-2-7-18-14/h1-5,7,9H,6,8,10-11H2,(H,19,21). The molecular formula is C16H16BrN3O. The molecule has 0 spiro atoms. The first kappa shape index (κ1) is 14.1. The molecule has 5 heteroatoms. The normalized spacial score (nSPS) is 13.1. The number of pyridine rings is 1. The summed E-state index contributed by atoms with van der Waals surface area (Å²) in [6, 6.07) is 11.9. The number of rotatable bonds is 4. The predicted molar refractivity (Wildman–Crippen MR) is 86.1 cm³/mol. The minimum atomic E-state index is 0.0217. The van der Waals surface area contributed by atoms with E-state index in [4.69, 9.17) is 0 Å². The summed E-state index contributed by atoms with van der Waals surface area (Å²) in [6.07, 6.45) is 2.73. The fraction of sp³-hybridized carbons (Fsp3) is 0.250. The minimum absolute atomic E-state index is 0.0217. The zero-order valence-electron chi connectivity index (χ0n) is 11.6. The fourth-order valence-electron chi connectivity index (χ4n) is 2.50. The quantitative estimate of drug-likeness (QED) is 0.925. The second-order valence-electron chi connectivity index (χ2n) is 5.04. The first-order valence-corrected chi connectivity index (χ1v) is 7.71. The van der Waals surface area contributed by atoms with E-state index in [0.717, 1.165) is 28.8 Å². The van der Waals surface area contributed by atoms with Gasteiger partial charge in [-0.2, -0.15) is 0 Å². The van der Waals surface area contributed by atoms with E-state index in [1.807, 2.05) is 24.3 Å². The molecule has 2 aromatic rings. The van der Waals surface area contributed by atoms with Crippen LogP contribution in [0.5, 0.6) is 0 Å². The average molecular weight is 346 g/mol. The Labute approximate surface area is 132 Å². The summed E-state index contributed by atoms with van der Waals surface area (Å²) in [6.45, 7) is 1.75. The summed E-state index contributed by atoms with van der Waals surface area (Å²) >= 11 is 3.48. The number of benzene rings is 1. The maximum absolute atomic E-state index is 12.1. The van der Waals surface area contributed by atoms with Gasteiger partial charge in [0.1, 0.15) is 0 Å². The highest BCUT2D eigenvalue weighted by Crippen LogP contribution is 2.30. The van der Waals surface area contributed by atoms with Crippen LogP contribution in [0, 0.1) is 0 Å². The van der Waals surface area contributed by atoms with Crippen molar-refractivity contribution < 1.29 is 4.79 Å². The summed E-state index contributed by atoms with van der Waals surface area (Å²) in [4.78, 5) is 18.4. The molecule has 0 unspecified atom stereocenters. The number of anilines is 1. The number of carbonyl (C=O) groups is 1. The van der Waals surface area contributed by atoms with Crippen LogP contribution in [0.3, 0.4) is 0 Å². The monoisotopic (exact) mass is 345 g/mol. The number of fused-ring (bicyclic) bond motifs is 1. The molecule has 21 heavy (non-hydrogen) atoms. The molecule has 1 aliphatic heterocycles. The molecule has 1 aromatic heterocycles. The van der Waals surface area contributed by atoms with Gasteiger partial charge in [0.05, 0.1) is 18.8 Å². The van der Waals surface area contributed by atoms with Crippen molar-refractivity contribution >= 4 is 27.5 Å². The number of nitrogens with one attached hydrogen (secondary N) is 1. The van der Waals surface area contributed by atoms with Gasteiger partial charge in [0, 0.05) is 22.9 Å². The molecule has 1 amide bonds. The maximum atomic E-state index is 12.1. The van der Waals surface area contributed by atoms with E-state index < -0.39 is 0 Å². The van der Waals surface area contributed by atoms with Crippen LogP contribution in [-0.2, 0) is 17.8 Å². The lowest BCUT2D eigenvalue weighted by Crippen LogP contribution is -2.36. The molecule has 0 saturated carbocycles. The molecule has 0 bridgehead atoms. The minimum Gasteiger partial charge on any atom is -0.362 e. The molecule has 4 nitrogen and oxygen atoms in total. The molecule has 0 saturated heterocycles. The van der Waals surface area contributed by atoms with Crippen LogP contribution in [0.4, 0.5) is 5.69 Å². The van der Waals surface area contributed by atoms with Crippen molar-refractivity contribution in [3.8, 4) is 0 Å². The lowest BCUT2D eigenvalue weighted by molar-refractivity contribution is -0.119.